The van der Waals surface area contributed by atoms with Gasteiger partial charge in [0.15, 0.2) is 0 Å². The maximum Gasteiger partial charge on any atom is 0.116 e. The Labute approximate surface area is 101 Å². The van der Waals surface area contributed by atoms with Gasteiger partial charge in [-0.25, -0.2) is 0 Å². The average Bonchev–Trinajstić information content (AvgIpc) is 2.28. The molecule has 0 unspecified atom stereocenters. The molecule has 17 heavy (non-hydrogen) atoms. The van der Waals surface area contributed by atoms with Crippen molar-refractivity contribution < 1.29 is 10.2 Å². The number of benzene rings is 2. The van der Waals surface area contributed by atoms with Gasteiger partial charge in [-0.05, 0) is 41.3 Å². The van der Waals surface area contributed by atoms with E-state index in [0.29, 0.717) is 5.75 Å². The van der Waals surface area contributed by atoms with Crippen molar-refractivity contribution in [1.82, 2.24) is 0 Å². The summed E-state index contributed by atoms with van der Waals surface area (Å²) in [4.78, 5) is 0. The molecule has 1 aliphatic carbocycles. The van der Waals surface area contributed by atoms with E-state index in [1.807, 2.05) is 6.07 Å². The number of fused-ring (bicyclic) bond motifs is 1. The quantitative estimate of drug-likeness (QED) is 0.829. The number of phenolic OH excluding ortho intramolecular Hbond substituents is 1. The van der Waals surface area contributed by atoms with Gasteiger partial charge in [0.25, 0.3) is 0 Å². The highest BCUT2D eigenvalue weighted by Gasteiger charge is 2.37. The van der Waals surface area contributed by atoms with Crippen molar-refractivity contribution in [3.63, 3.8) is 0 Å². The summed E-state index contributed by atoms with van der Waals surface area (Å²) in [6, 6.07) is 11.7. The van der Waals surface area contributed by atoms with Gasteiger partial charge in [0.2, 0.25) is 0 Å². The van der Waals surface area contributed by atoms with Crippen molar-refractivity contribution in [2.45, 2.75) is 24.7 Å². The molecule has 0 bridgehead atoms. The topological polar surface area (TPSA) is 40.5 Å². The molecule has 0 aromatic heterocycles. The van der Waals surface area contributed by atoms with E-state index >= 15 is 0 Å². The second-order valence-corrected chi connectivity index (χ2v) is 5.04. The third-order valence-electron chi connectivity index (χ3n) is 4.05. The first-order valence-electron chi connectivity index (χ1n) is 6.08. The van der Waals surface area contributed by atoms with Gasteiger partial charge in [-0.2, -0.15) is 0 Å². The van der Waals surface area contributed by atoms with Gasteiger partial charge in [-0.1, -0.05) is 30.7 Å². The standard InChI is InChI=1S/C15H16O2/c16-10-15(6-1-7-15)13-4-2-11-3-5-14(17)9-12(11)8-13/h2-5,8-9,16-17H,1,6-7,10H2. The van der Waals surface area contributed by atoms with Crippen LogP contribution < -0.4 is 0 Å². The minimum Gasteiger partial charge on any atom is -0.508 e. The summed E-state index contributed by atoms with van der Waals surface area (Å²) in [6.07, 6.45) is 3.32. The molecule has 1 saturated carbocycles. The Kier molecular flexibility index (Phi) is 2.33. The molecule has 88 valence electrons. The van der Waals surface area contributed by atoms with Crippen molar-refractivity contribution in [2.24, 2.45) is 0 Å². The zero-order chi connectivity index (χ0) is 11.9. The van der Waals surface area contributed by atoms with E-state index in [2.05, 4.69) is 18.2 Å². The monoisotopic (exact) mass is 228 g/mol. The molecule has 0 atom stereocenters. The fourth-order valence-corrected chi connectivity index (χ4v) is 2.71. The van der Waals surface area contributed by atoms with E-state index in [1.165, 1.54) is 12.0 Å². The van der Waals surface area contributed by atoms with Crippen LogP contribution >= 0.6 is 0 Å². The van der Waals surface area contributed by atoms with E-state index in [1.54, 1.807) is 12.1 Å². The molecule has 2 nitrogen and oxygen atoms in total. The summed E-state index contributed by atoms with van der Waals surface area (Å²) in [5.41, 5.74) is 1.17. The molecule has 2 N–H and O–H groups in total. The fourth-order valence-electron chi connectivity index (χ4n) is 2.71. The van der Waals surface area contributed by atoms with Crippen LogP contribution in [-0.4, -0.2) is 16.8 Å². The van der Waals surface area contributed by atoms with Crippen LogP contribution in [0.1, 0.15) is 24.8 Å². The van der Waals surface area contributed by atoms with Gasteiger partial charge < -0.3 is 10.2 Å². The highest BCUT2D eigenvalue weighted by atomic mass is 16.3. The lowest BCUT2D eigenvalue weighted by Gasteiger charge is -2.41. The fraction of sp³-hybridized carbons (Fsp3) is 0.333. The van der Waals surface area contributed by atoms with Gasteiger partial charge in [0, 0.05) is 5.41 Å². The lowest BCUT2D eigenvalue weighted by Crippen LogP contribution is -2.37. The molecular weight excluding hydrogens is 212 g/mol. The molecular formula is C15H16O2. The lowest BCUT2D eigenvalue weighted by atomic mass is 9.65. The van der Waals surface area contributed by atoms with Crippen molar-refractivity contribution in [3.05, 3.63) is 42.0 Å². The zero-order valence-electron chi connectivity index (χ0n) is 9.69. The highest BCUT2D eigenvalue weighted by molar-refractivity contribution is 5.84. The molecule has 0 amide bonds. The Morgan fingerprint density at radius 3 is 2.41 bits per heavy atom. The summed E-state index contributed by atoms with van der Waals surface area (Å²) < 4.78 is 0. The average molecular weight is 228 g/mol. The Hall–Kier alpha value is -1.54. The van der Waals surface area contributed by atoms with E-state index < -0.39 is 0 Å². The van der Waals surface area contributed by atoms with Gasteiger partial charge in [0.05, 0.1) is 6.61 Å². The van der Waals surface area contributed by atoms with E-state index in [-0.39, 0.29) is 12.0 Å². The first-order valence-corrected chi connectivity index (χ1v) is 6.08. The predicted molar refractivity (Wildman–Crippen MR) is 68.2 cm³/mol. The SMILES string of the molecule is OCC1(c2ccc3ccc(O)cc3c2)CCC1. The molecule has 0 spiro atoms. The lowest BCUT2D eigenvalue weighted by molar-refractivity contribution is 0.120. The second-order valence-electron chi connectivity index (χ2n) is 5.04. The third kappa shape index (κ3) is 1.60. The Balaban J connectivity index is 2.12. The summed E-state index contributed by atoms with van der Waals surface area (Å²) in [5.74, 6) is 0.293. The number of rotatable bonds is 2. The molecule has 2 heteroatoms. The Bertz CT molecular complexity index is 550. The van der Waals surface area contributed by atoms with Crippen molar-refractivity contribution >= 4 is 10.8 Å². The molecule has 0 saturated heterocycles. The summed E-state index contributed by atoms with van der Waals surface area (Å²) in [7, 11) is 0. The Morgan fingerprint density at radius 1 is 1.00 bits per heavy atom. The molecule has 2 aromatic rings. The van der Waals surface area contributed by atoms with Crippen LogP contribution in [0.4, 0.5) is 0 Å². The number of aliphatic hydroxyl groups excluding tert-OH is 1. The molecule has 3 rings (SSSR count). The van der Waals surface area contributed by atoms with E-state index in [9.17, 15) is 10.2 Å². The number of hydrogen-bond donors (Lipinski definition) is 2. The summed E-state index contributed by atoms with van der Waals surface area (Å²) in [5, 5.41) is 21.2. The molecule has 0 radical (unpaired) electrons. The van der Waals surface area contributed by atoms with Crippen LogP contribution in [0, 0.1) is 0 Å². The number of aromatic hydroxyl groups is 1. The maximum atomic E-state index is 9.57. The first-order chi connectivity index (χ1) is 8.23. The van der Waals surface area contributed by atoms with Gasteiger partial charge >= 0.3 is 0 Å². The zero-order valence-corrected chi connectivity index (χ0v) is 9.69. The molecule has 2 aromatic carbocycles. The first kappa shape index (κ1) is 10.6. The maximum absolute atomic E-state index is 9.57. The molecule has 0 heterocycles. The minimum atomic E-state index is -0.0281. The van der Waals surface area contributed by atoms with Crippen molar-refractivity contribution in [1.29, 1.82) is 0 Å². The highest BCUT2D eigenvalue weighted by Crippen LogP contribution is 2.44. The molecule has 1 aliphatic rings. The van der Waals surface area contributed by atoms with Crippen LogP contribution in [0.3, 0.4) is 0 Å². The third-order valence-corrected chi connectivity index (χ3v) is 4.05. The van der Waals surface area contributed by atoms with Crippen molar-refractivity contribution in [2.75, 3.05) is 6.61 Å². The van der Waals surface area contributed by atoms with Gasteiger partial charge in [-0.3, -0.25) is 0 Å². The largest absolute Gasteiger partial charge is 0.508 e. The number of aliphatic hydroxyl groups is 1. The van der Waals surface area contributed by atoms with Crippen LogP contribution in [-0.2, 0) is 5.41 Å². The second kappa shape index (κ2) is 3.74. The summed E-state index contributed by atoms with van der Waals surface area (Å²) >= 11 is 0. The van der Waals surface area contributed by atoms with Crippen LogP contribution in [0.15, 0.2) is 36.4 Å². The molecule has 0 aliphatic heterocycles. The summed E-state index contributed by atoms with van der Waals surface area (Å²) in [6.45, 7) is 0.220. The predicted octanol–water partition coefficient (Wildman–Crippen LogP) is 2.96. The molecule has 1 fully saturated rings. The van der Waals surface area contributed by atoms with Crippen molar-refractivity contribution in [3.8, 4) is 5.75 Å². The van der Waals surface area contributed by atoms with Gasteiger partial charge in [-0.15, -0.1) is 0 Å². The normalized spacial score (nSPS) is 17.9. The van der Waals surface area contributed by atoms with E-state index in [0.717, 1.165) is 23.6 Å². The van der Waals surface area contributed by atoms with Crippen LogP contribution in [0.5, 0.6) is 5.75 Å². The van der Waals surface area contributed by atoms with E-state index in [4.69, 9.17) is 0 Å². The number of phenols is 1. The Morgan fingerprint density at radius 2 is 1.76 bits per heavy atom. The smallest absolute Gasteiger partial charge is 0.116 e. The number of hydrogen-bond acceptors (Lipinski definition) is 2. The minimum absolute atomic E-state index is 0.0281. The van der Waals surface area contributed by atoms with Crippen LogP contribution in [0.2, 0.25) is 0 Å². The van der Waals surface area contributed by atoms with Crippen LogP contribution in [0.25, 0.3) is 10.8 Å². The van der Waals surface area contributed by atoms with Gasteiger partial charge in [0.1, 0.15) is 5.75 Å².